The molecule has 9 nitrogen and oxygen atoms in total. The molecular weight excluding hydrogens is 490 g/mol. The van der Waals surface area contributed by atoms with Gasteiger partial charge in [-0.15, -0.1) is 0 Å². The van der Waals surface area contributed by atoms with E-state index in [4.69, 9.17) is 23.7 Å². The van der Waals surface area contributed by atoms with Crippen LogP contribution in [0.4, 0.5) is 0 Å². The second-order valence-corrected chi connectivity index (χ2v) is 8.80. The van der Waals surface area contributed by atoms with E-state index < -0.39 is 23.0 Å². The Bertz CT molecular complexity index is 1430. The summed E-state index contributed by atoms with van der Waals surface area (Å²) in [6, 6.07) is 17.0. The molecule has 1 atom stereocenters. The Kier molecular flexibility index (Phi) is 6.59. The number of aliphatic hydroxyl groups excluding tert-OH is 1. The molecule has 0 bridgehead atoms. The summed E-state index contributed by atoms with van der Waals surface area (Å²) in [5, 5.41) is 10.8. The number of aliphatic hydroxyl groups is 1. The monoisotopic (exact) mass is 517 g/mol. The van der Waals surface area contributed by atoms with Crippen LogP contribution in [0.3, 0.4) is 0 Å². The van der Waals surface area contributed by atoms with Gasteiger partial charge >= 0.3 is 0 Å². The van der Waals surface area contributed by atoms with Gasteiger partial charge in [-0.25, -0.2) is 0 Å². The predicted molar refractivity (Wildman–Crippen MR) is 137 cm³/mol. The lowest BCUT2D eigenvalue weighted by Gasteiger charge is -2.37. The third kappa shape index (κ3) is 4.15. The molecule has 0 radical (unpaired) electrons. The Morgan fingerprint density at radius 1 is 0.921 bits per heavy atom. The first-order chi connectivity index (χ1) is 18.4. The number of amides is 1. The van der Waals surface area contributed by atoms with E-state index in [1.54, 1.807) is 61.7 Å². The molecule has 1 N–H and O–H groups in total. The van der Waals surface area contributed by atoms with Crippen molar-refractivity contribution >= 4 is 11.7 Å². The van der Waals surface area contributed by atoms with Gasteiger partial charge in [-0.3, -0.25) is 9.59 Å². The number of rotatable bonds is 8. The number of carbonyl (C=O) groups excluding carboxylic acids is 2. The molecular formula is C29H27NO8. The summed E-state index contributed by atoms with van der Waals surface area (Å²) < 4.78 is 27.5. The fourth-order valence-corrected chi connectivity index (χ4v) is 4.82. The number of ether oxygens (including phenoxy) is 5. The van der Waals surface area contributed by atoms with Gasteiger partial charge in [0.05, 0.1) is 21.3 Å². The van der Waals surface area contributed by atoms with Crippen molar-refractivity contribution in [3.05, 3.63) is 89.2 Å². The summed E-state index contributed by atoms with van der Waals surface area (Å²) in [6.07, 6.45) is 1.29. The van der Waals surface area contributed by atoms with Gasteiger partial charge in [0.25, 0.3) is 5.91 Å². The quantitative estimate of drug-likeness (QED) is 0.447. The summed E-state index contributed by atoms with van der Waals surface area (Å²) in [7, 11) is 4.54. The van der Waals surface area contributed by atoms with Crippen molar-refractivity contribution in [3.8, 4) is 28.7 Å². The molecule has 2 heterocycles. The number of hydrogen-bond donors (Lipinski definition) is 1. The van der Waals surface area contributed by atoms with Gasteiger partial charge in [-0.05, 0) is 53.6 Å². The van der Waals surface area contributed by atoms with Crippen molar-refractivity contribution in [1.82, 2.24) is 4.90 Å². The molecule has 0 aromatic heterocycles. The maximum absolute atomic E-state index is 14.5. The average Bonchev–Trinajstić information content (AvgIpc) is 3.21. The minimum atomic E-state index is -1.70. The third-order valence-corrected chi connectivity index (χ3v) is 6.68. The van der Waals surface area contributed by atoms with Crippen LogP contribution >= 0.6 is 0 Å². The van der Waals surface area contributed by atoms with Gasteiger partial charge in [0, 0.05) is 18.2 Å². The van der Waals surface area contributed by atoms with Gasteiger partial charge in [0.1, 0.15) is 19.0 Å². The highest BCUT2D eigenvalue weighted by Gasteiger charge is 2.53. The van der Waals surface area contributed by atoms with Gasteiger partial charge in [-0.1, -0.05) is 18.2 Å². The zero-order chi connectivity index (χ0) is 26.9. The van der Waals surface area contributed by atoms with E-state index in [2.05, 4.69) is 0 Å². The molecule has 0 aliphatic carbocycles. The Labute approximate surface area is 219 Å². The zero-order valence-corrected chi connectivity index (χ0v) is 21.2. The number of nitrogens with zero attached hydrogens (tertiary/aromatic N) is 1. The number of ketones is 1. The van der Waals surface area contributed by atoms with Gasteiger partial charge in [0.15, 0.2) is 40.1 Å². The maximum Gasteiger partial charge on any atom is 0.290 e. The van der Waals surface area contributed by atoms with Crippen LogP contribution in [0.2, 0.25) is 0 Å². The van der Waals surface area contributed by atoms with E-state index in [1.807, 2.05) is 6.07 Å². The number of methoxy groups -OCH3 is 3. The van der Waals surface area contributed by atoms with Crippen molar-refractivity contribution in [2.75, 3.05) is 34.5 Å². The summed E-state index contributed by atoms with van der Waals surface area (Å²) in [6.45, 7) is 0.781. The first kappa shape index (κ1) is 25.0. The fourth-order valence-electron chi connectivity index (χ4n) is 4.82. The topological polar surface area (TPSA) is 104 Å². The minimum Gasteiger partial charge on any atom is -0.503 e. The Morgan fingerprint density at radius 2 is 1.68 bits per heavy atom. The fraction of sp³-hybridized carbons (Fsp3) is 0.241. The van der Waals surface area contributed by atoms with Crippen LogP contribution in [-0.4, -0.2) is 56.2 Å². The Morgan fingerprint density at radius 3 is 2.42 bits per heavy atom. The molecule has 5 rings (SSSR count). The predicted octanol–water partition coefficient (Wildman–Crippen LogP) is 4.05. The van der Waals surface area contributed by atoms with Crippen LogP contribution in [0.15, 0.2) is 72.5 Å². The first-order valence-corrected chi connectivity index (χ1v) is 11.9. The molecule has 38 heavy (non-hydrogen) atoms. The molecule has 9 heteroatoms. The normalized spacial score (nSPS) is 18.1. The number of benzene rings is 3. The molecule has 0 saturated heterocycles. The summed E-state index contributed by atoms with van der Waals surface area (Å²) in [5.41, 5.74) is -0.303. The van der Waals surface area contributed by atoms with E-state index in [-0.39, 0.29) is 12.1 Å². The second-order valence-electron chi connectivity index (χ2n) is 8.80. The highest BCUT2D eigenvalue weighted by molar-refractivity contribution is 6.12. The van der Waals surface area contributed by atoms with Crippen molar-refractivity contribution in [3.63, 3.8) is 0 Å². The number of carbonyl (C=O) groups is 2. The maximum atomic E-state index is 14.5. The lowest BCUT2D eigenvalue weighted by Crippen LogP contribution is -2.49. The summed E-state index contributed by atoms with van der Waals surface area (Å²) in [4.78, 5) is 29.2. The summed E-state index contributed by atoms with van der Waals surface area (Å²) in [5.74, 6) is 0.719. The van der Waals surface area contributed by atoms with Crippen molar-refractivity contribution in [2.24, 2.45) is 0 Å². The molecule has 2 aliphatic heterocycles. The number of fused-ring (bicyclic) bond motifs is 1. The molecule has 1 amide bonds. The minimum absolute atomic E-state index is 0.0151. The van der Waals surface area contributed by atoms with Gasteiger partial charge < -0.3 is 33.7 Å². The van der Waals surface area contributed by atoms with Gasteiger partial charge in [-0.2, -0.15) is 0 Å². The molecule has 2 aliphatic rings. The number of Topliss-reactive ketones (excluding diaryl/α,β-unsaturated/α-hetero) is 1. The SMILES string of the molecule is COc1cccc(CN2C(=O)C(O)=CC2(C(=O)c2ccc3c(c2)OCCO3)c2ccc(OC)c(OC)c2)c1. The highest BCUT2D eigenvalue weighted by Crippen LogP contribution is 2.45. The Hall–Kier alpha value is -4.66. The van der Waals surface area contributed by atoms with E-state index in [9.17, 15) is 14.7 Å². The van der Waals surface area contributed by atoms with Crippen LogP contribution in [0, 0.1) is 0 Å². The largest absolute Gasteiger partial charge is 0.503 e. The molecule has 196 valence electrons. The van der Waals surface area contributed by atoms with Crippen LogP contribution in [0.25, 0.3) is 0 Å². The standard InChI is InChI=1S/C29H27NO8/c1-34-21-6-4-5-18(13-21)17-30-28(33)22(31)16-29(30,20-8-10-23(35-2)25(15-20)36-3)27(32)19-7-9-24-26(14-19)38-12-11-37-24/h4-10,13-16,31H,11-12,17H2,1-3H3. The molecule has 0 spiro atoms. The van der Waals surface area contributed by atoms with E-state index >= 15 is 0 Å². The van der Waals surface area contributed by atoms with Crippen LogP contribution in [0.5, 0.6) is 28.7 Å². The van der Waals surface area contributed by atoms with Crippen LogP contribution in [-0.2, 0) is 16.9 Å². The number of hydrogen-bond acceptors (Lipinski definition) is 8. The zero-order valence-electron chi connectivity index (χ0n) is 21.2. The second kappa shape index (κ2) is 10.0. The molecule has 1 unspecified atom stereocenters. The van der Waals surface area contributed by atoms with E-state index in [0.717, 1.165) is 0 Å². The lowest BCUT2D eigenvalue weighted by atomic mass is 9.81. The van der Waals surface area contributed by atoms with Crippen LogP contribution < -0.4 is 23.7 Å². The highest BCUT2D eigenvalue weighted by atomic mass is 16.6. The molecule has 0 fully saturated rings. The van der Waals surface area contributed by atoms with E-state index in [1.165, 1.54) is 25.2 Å². The Balaban J connectivity index is 1.69. The molecule has 3 aromatic carbocycles. The molecule has 0 saturated carbocycles. The lowest BCUT2D eigenvalue weighted by molar-refractivity contribution is -0.131. The molecule has 3 aromatic rings. The van der Waals surface area contributed by atoms with E-state index in [0.29, 0.717) is 53.1 Å². The average molecular weight is 518 g/mol. The van der Waals surface area contributed by atoms with Gasteiger partial charge in [0.2, 0.25) is 0 Å². The van der Waals surface area contributed by atoms with Crippen molar-refractivity contribution < 1.29 is 38.4 Å². The first-order valence-electron chi connectivity index (χ1n) is 11.9. The third-order valence-electron chi connectivity index (χ3n) is 6.68. The summed E-state index contributed by atoms with van der Waals surface area (Å²) >= 11 is 0. The van der Waals surface area contributed by atoms with Crippen molar-refractivity contribution in [1.29, 1.82) is 0 Å². The van der Waals surface area contributed by atoms with Crippen molar-refractivity contribution in [2.45, 2.75) is 12.1 Å². The smallest absolute Gasteiger partial charge is 0.290 e. The van der Waals surface area contributed by atoms with Crippen LogP contribution in [0.1, 0.15) is 21.5 Å².